The molecule has 0 atom stereocenters. The van der Waals surface area contributed by atoms with Crippen molar-refractivity contribution in [1.29, 1.82) is 0 Å². The van der Waals surface area contributed by atoms with Crippen molar-refractivity contribution in [2.75, 3.05) is 0 Å². The minimum Gasteiger partial charge on any atom is -0.486 e. The molecule has 0 aliphatic heterocycles. The molecule has 0 bridgehead atoms. The molecule has 0 spiro atoms. The lowest BCUT2D eigenvalue weighted by molar-refractivity contribution is 0.290. The van der Waals surface area contributed by atoms with Gasteiger partial charge in [-0.15, -0.1) is 10.2 Å². The van der Waals surface area contributed by atoms with Crippen molar-refractivity contribution >= 4 is 17.4 Å². The molecule has 0 aliphatic carbocycles. The first kappa shape index (κ1) is 16.7. The lowest BCUT2D eigenvalue weighted by Crippen LogP contribution is -2.04. The zero-order valence-corrected chi connectivity index (χ0v) is 15.5. The zero-order chi connectivity index (χ0) is 17.9. The van der Waals surface area contributed by atoms with E-state index < -0.39 is 0 Å². The molecule has 0 aliphatic rings. The molecule has 0 amide bonds. The fourth-order valence-electron chi connectivity index (χ4n) is 2.57. The van der Waals surface area contributed by atoms with Gasteiger partial charge in [0.15, 0.2) is 11.0 Å². The number of benzene rings is 1. The summed E-state index contributed by atoms with van der Waals surface area (Å²) in [5.74, 6) is 2.37. The predicted molar refractivity (Wildman–Crippen MR) is 101 cm³/mol. The molecule has 6 nitrogen and oxygen atoms in total. The van der Waals surface area contributed by atoms with Gasteiger partial charge in [-0.3, -0.25) is 0 Å². The van der Waals surface area contributed by atoms with Crippen molar-refractivity contribution in [1.82, 2.24) is 24.1 Å². The highest BCUT2D eigenvalue weighted by molar-refractivity contribution is 7.98. The number of aromatic nitrogens is 5. The molecule has 3 aromatic heterocycles. The Morgan fingerprint density at radius 2 is 1.92 bits per heavy atom. The molecule has 0 saturated carbocycles. The van der Waals surface area contributed by atoms with Crippen LogP contribution in [0.3, 0.4) is 0 Å². The molecule has 4 rings (SSSR count). The van der Waals surface area contributed by atoms with Crippen molar-refractivity contribution < 1.29 is 4.74 Å². The number of hydrogen-bond donors (Lipinski definition) is 0. The van der Waals surface area contributed by atoms with Gasteiger partial charge in [-0.25, -0.2) is 4.98 Å². The van der Waals surface area contributed by atoms with Crippen molar-refractivity contribution in [2.24, 2.45) is 7.05 Å². The smallest absolute Gasteiger partial charge is 0.191 e. The Balaban J connectivity index is 1.39. The maximum Gasteiger partial charge on any atom is 0.191 e. The highest BCUT2D eigenvalue weighted by Crippen LogP contribution is 2.21. The number of ether oxygens (including phenoxy) is 1. The summed E-state index contributed by atoms with van der Waals surface area (Å²) in [7, 11) is 1.96. The van der Waals surface area contributed by atoms with Crippen LogP contribution < -0.4 is 4.74 Å². The van der Waals surface area contributed by atoms with E-state index in [9.17, 15) is 0 Å². The number of nitrogens with zero attached hydrogens (tertiary/aromatic N) is 5. The number of pyridine rings is 1. The summed E-state index contributed by atoms with van der Waals surface area (Å²) in [5, 5.41) is 9.37. The average molecular weight is 365 g/mol. The first-order chi connectivity index (χ1) is 12.7. The molecule has 0 fully saturated rings. The SMILES string of the molecule is Cc1ccc(OCc2nnc(SCc3cn4ccccc4n3)n2C)cc1. The lowest BCUT2D eigenvalue weighted by Gasteiger charge is -2.06. The van der Waals surface area contributed by atoms with Crippen molar-refractivity contribution in [3.05, 3.63) is 71.9 Å². The van der Waals surface area contributed by atoms with Gasteiger partial charge in [0.1, 0.15) is 18.0 Å². The second-order valence-corrected chi connectivity index (χ2v) is 6.99. The Kier molecular flexibility index (Phi) is 4.62. The van der Waals surface area contributed by atoms with E-state index in [1.54, 1.807) is 11.8 Å². The second-order valence-electron chi connectivity index (χ2n) is 6.05. The molecule has 26 heavy (non-hydrogen) atoms. The molecule has 0 N–H and O–H groups in total. The number of thioether (sulfide) groups is 1. The van der Waals surface area contributed by atoms with Crippen LogP contribution in [0.4, 0.5) is 0 Å². The summed E-state index contributed by atoms with van der Waals surface area (Å²) < 4.78 is 9.78. The Hall–Kier alpha value is -2.80. The van der Waals surface area contributed by atoms with E-state index in [1.807, 2.05) is 70.9 Å². The normalized spacial score (nSPS) is 11.2. The van der Waals surface area contributed by atoms with Gasteiger partial charge in [0.25, 0.3) is 0 Å². The number of fused-ring (bicyclic) bond motifs is 1. The van der Waals surface area contributed by atoms with E-state index in [0.29, 0.717) is 6.61 Å². The summed E-state index contributed by atoms with van der Waals surface area (Å²) in [5.41, 5.74) is 3.18. The van der Waals surface area contributed by atoms with E-state index in [0.717, 1.165) is 33.8 Å². The van der Waals surface area contributed by atoms with Gasteiger partial charge >= 0.3 is 0 Å². The largest absolute Gasteiger partial charge is 0.486 e. The number of imidazole rings is 1. The van der Waals surface area contributed by atoms with E-state index in [4.69, 9.17) is 4.74 Å². The molecule has 4 aromatic rings. The maximum atomic E-state index is 5.80. The molecule has 0 radical (unpaired) electrons. The van der Waals surface area contributed by atoms with Crippen molar-refractivity contribution in [2.45, 2.75) is 24.4 Å². The Bertz CT molecular complexity index is 989. The summed E-state index contributed by atoms with van der Waals surface area (Å²) in [6.45, 7) is 2.44. The molecular formula is C19H19N5OS. The molecule has 0 unspecified atom stereocenters. The van der Waals surface area contributed by atoms with Gasteiger partial charge in [0, 0.05) is 25.2 Å². The van der Waals surface area contributed by atoms with Crippen LogP contribution in [0.25, 0.3) is 5.65 Å². The van der Waals surface area contributed by atoms with Gasteiger partial charge in [0.2, 0.25) is 0 Å². The Morgan fingerprint density at radius 1 is 1.08 bits per heavy atom. The molecule has 0 saturated heterocycles. The van der Waals surface area contributed by atoms with Crippen LogP contribution in [0, 0.1) is 6.92 Å². The van der Waals surface area contributed by atoms with Gasteiger partial charge < -0.3 is 13.7 Å². The van der Waals surface area contributed by atoms with E-state index in [-0.39, 0.29) is 0 Å². The van der Waals surface area contributed by atoms with Crippen LogP contribution >= 0.6 is 11.8 Å². The highest BCUT2D eigenvalue weighted by Gasteiger charge is 2.11. The van der Waals surface area contributed by atoms with E-state index in [2.05, 4.69) is 22.1 Å². The first-order valence-electron chi connectivity index (χ1n) is 8.32. The monoisotopic (exact) mass is 365 g/mol. The number of rotatable bonds is 6. The average Bonchev–Trinajstić information content (AvgIpc) is 3.22. The fraction of sp³-hybridized carbons (Fsp3) is 0.211. The molecule has 7 heteroatoms. The molecule has 132 valence electrons. The van der Waals surface area contributed by atoms with Crippen LogP contribution in [0.1, 0.15) is 17.1 Å². The van der Waals surface area contributed by atoms with Gasteiger partial charge in [-0.2, -0.15) is 0 Å². The molecule has 3 heterocycles. The molecule has 1 aromatic carbocycles. The number of hydrogen-bond acceptors (Lipinski definition) is 5. The summed E-state index contributed by atoms with van der Waals surface area (Å²) in [6.07, 6.45) is 4.04. The summed E-state index contributed by atoms with van der Waals surface area (Å²) >= 11 is 1.62. The predicted octanol–water partition coefficient (Wildman–Crippen LogP) is 3.64. The maximum absolute atomic E-state index is 5.80. The van der Waals surface area contributed by atoms with Crippen LogP contribution in [-0.4, -0.2) is 24.1 Å². The van der Waals surface area contributed by atoms with E-state index >= 15 is 0 Å². The van der Waals surface area contributed by atoms with Crippen LogP contribution in [0.15, 0.2) is 60.0 Å². The Labute approximate surface area is 155 Å². The topological polar surface area (TPSA) is 57.2 Å². The molecular weight excluding hydrogens is 346 g/mol. The van der Waals surface area contributed by atoms with E-state index in [1.165, 1.54) is 5.56 Å². The lowest BCUT2D eigenvalue weighted by atomic mass is 10.2. The van der Waals surface area contributed by atoms with Gasteiger partial charge in [-0.1, -0.05) is 35.5 Å². The third-order valence-corrected chi connectivity index (χ3v) is 5.13. The van der Waals surface area contributed by atoms with Gasteiger partial charge in [0.05, 0.1) is 5.69 Å². The fourth-order valence-corrected chi connectivity index (χ4v) is 3.39. The Morgan fingerprint density at radius 3 is 2.73 bits per heavy atom. The summed E-state index contributed by atoms with van der Waals surface area (Å²) in [4.78, 5) is 4.61. The first-order valence-corrected chi connectivity index (χ1v) is 9.31. The third kappa shape index (κ3) is 3.57. The second kappa shape index (κ2) is 7.21. The summed E-state index contributed by atoms with van der Waals surface area (Å²) in [6, 6.07) is 14.0. The standard InChI is InChI=1S/C19H19N5OS/c1-14-6-8-16(9-7-14)25-12-18-21-22-19(23(18)2)26-13-15-11-24-10-4-3-5-17(24)20-15/h3-11H,12-13H2,1-2H3. The zero-order valence-electron chi connectivity index (χ0n) is 14.7. The van der Waals surface area contributed by atoms with Crippen LogP contribution in [-0.2, 0) is 19.4 Å². The van der Waals surface area contributed by atoms with Gasteiger partial charge in [-0.05, 0) is 31.2 Å². The number of aryl methyl sites for hydroxylation is 1. The highest BCUT2D eigenvalue weighted by atomic mass is 32.2. The van der Waals surface area contributed by atoms with Crippen molar-refractivity contribution in [3.8, 4) is 5.75 Å². The van der Waals surface area contributed by atoms with Crippen LogP contribution in [0.5, 0.6) is 5.75 Å². The third-order valence-electron chi connectivity index (χ3n) is 4.08. The minimum absolute atomic E-state index is 0.390. The van der Waals surface area contributed by atoms with Crippen LogP contribution in [0.2, 0.25) is 0 Å². The quantitative estimate of drug-likeness (QED) is 0.488. The van der Waals surface area contributed by atoms with Crippen molar-refractivity contribution in [3.63, 3.8) is 0 Å². The minimum atomic E-state index is 0.390.